The molecular weight excluding hydrogens is 174 g/mol. The van der Waals surface area contributed by atoms with Crippen LogP contribution in [0, 0.1) is 6.92 Å². The van der Waals surface area contributed by atoms with Crippen molar-refractivity contribution in [2.75, 3.05) is 6.54 Å². The number of rotatable bonds is 5. The monoisotopic (exact) mass is 193 g/mol. The zero-order valence-electron chi connectivity index (χ0n) is 9.26. The van der Waals surface area contributed by atoms with Crippen LogP contribution in [0.15, 0.2) is 28.9 Å². The molecule has 2 heteroatoms. The Balaban J connectivity index is 2.78. The molecule has 0 aliphatic carbocycles. The van der Waals surface area contributed by atoms with Gasteiger partial charge in [-0.1, -0.05) is 19.1 Å². The Kier molecular flexibility index (Phi) is 3.96. The lowest BCUT2D eigenvalue weighted by atomic mass is 10.1. The zero-order chi connectivity index (χ0) is 10.6. The maximum atomic E-state index is 5.46. The van der Waals surface area contributed by atoms with E-state index in [0.29, 0.717) is 0 Å². The van der Waals surface area contributed by atoms with Gasteiger partial charge in [0, 0.05) is 0 Å². The average Bonchev–Trinajstić information content (AvgIpc) is 2.52. The van der Waals surface area contributed by atoms with Gasteiger partial charge in [-0.05, 0) is 38.4 Å². The molecule has 1 aromatic rings. The van der Waals surface area contributed by atoms with Gasteiger partial charge >= 0.3 is 0 Å². The molecule has 0 saturated heterocycles. The molecule has 0 bridgehead atoms. The van der Waals surface area contributed by atoms with Crippen LogP contribution >= 0.6 is 0 Å². The molecule has 0 fully saturated rings. The molecule has 1 aromatic heterocycles. The predicted molar refractivity (Wildman–Crippen MR) is 59.3 cm³/mol. The molecule has 0 spiro atoms. The van der Waals surface area contributed by atoms with Gasteiger partial charge in [-0.2, -0.15) is 0 Å². The average molecular weight is 193 g/mol. The summed E-state index contributed by atoms with van der Waals surface area (Å²) in [6.07, 6.45) is 2.85. The van der Waals surface area contributed by atoms with Gasteiger partial charge in [-0.3, -0.25) is 0 Å². The van der Waals surface area contributed by atoms with E-state index in [-0.39, 0.29) is 6.04 Å². The van der Waals surface area contributed by atoms with Crippen molar-refractivity contribution in [3.8, 4) is 0 Å². The van der Waals surface area contributed by atoms with Crippen LogP contribution in [0.4, 0.5) is 0 Å². The van der Waals surface area contributed by atoms with E-state index in [2.05, 4.69) is 25.7 Å². The van der Waals surface area contributed by atoms with Gasteiger partial charge in [0.15, 0.2) is 0 Å². The van der Waals surface area contributed by atoms with Crippen LogP contribution in [0.5, 0.6) is 0 Å². The van der Waals surface area contributed by atoms with E-state index in [1.54, 1.807) is 6.26 Å². The quantitative estimate of drug-likeness (QED) is 0.726. The molecule has 1 atom stereocenters. The lowest BCUT2D eigenvalue weighted by molar-refractivity contribution is 0.440. The van der Waals surface area contributed by atoms with E-state index in [1.807, 2.05) is 13.0 Å². The molecule has 1 N–H and O–H groups in total. The first-order chi connectivity index (χ1) is 6.66. The largest absolute Gasteiger partial charge is 0.467 e. The minimum Gasteiger partial charge on any atom is -0.467 e. The first kappa shape index (κ1) is 11.1. The van der Waals surface area contributed by atoms with E-state index < -0.39 is 0 Å². The lowest BCUT2D eigenvalue weighted by Crippen LogP contribution is -2.22. The van der Waals surface area contributed by atoms with Crippen LogP contribution in [-0.4, -0.2) is 6.54 Å². The molecule has 0 aliphatic heterocycles. The van der Waals surface area contributed by atoms with Crippen molar-refractivity contribution in [1.82, 2.24) is 5.32 Å². The number of aryl methyl sites for hydroxylation is 1. The Bertz CT molecular complexity index is 301. The minimum atomic E-state index is 0.157. The molecule has 0 aromatic carbocycles. The van der Waals surface area contributed by atoms with E-state index in [4.69, 9.17) is 4.42 Å². The molecular formula is C12H19NO. The molecule has 0 saturated carbocycles. The summed E-state index contributed by atoms with van der Waals surface area (Å²) in [6, 6.07) is 2.14. The number of hydrogen-bond acceptors (Lipinski definition) is 2. The molecule has 14 heavy (non-hydrogen) atoms. The zero-order valence-corrected chi connectivity index (χ0v) is 9.26. The Labute approximate surface area is 86.0 Å². The second-order valence-electron chi connectivity index (χ2n) is 3.70. The van der Waals surface area contributed by atoms with Crippen molar-refractivity contribution in [3.63, 3.8) is 0 Å². The second-order valence-corrected chi connectivity index (χ2v) is 3.70. The topological polar surface area (TPSA) is 25.2 Å². The lowest BCUT2D eigenvalue weighted by Gasteiger charge is -2.17. The molecule has 0 aliphatic rings. The fourth-order valence-corrected chi connectivity index (χ4v) is 1.46. The van der Waals surface area contributed by atoms with Crippen LogP contribution in [0.1, 0.15) is 37.6 Å². The SMILES string of the molecule is C=C(C)C(NCCC)c1occc1C. The standard InChI is InChI=1S/C12H19NO/c1-5-7-13-11(9(2)3)12-10(4)6-8-14-12/h6,8,11,13H,2,5,7H2,1,3-4H3. The van der Waals surface area contributed by atoms with E-state index in [1.165, 1.54) is 5.56 Å². The third-order valence-corrected chi connectivity index (χ3v) is 2.26. The predicted octanol–water partition coefficient (Wildman–Crippen LogP) is 3.20. The van der Waals surface area contributed by atoms with Crippen LogP contribution in [0.3, 0.4) is 0 Å². The summed E-state index contributed by atoms with van der Waals surface area (Å²) < 4.78 is 5.46. The summed E-state index contributed by atoms with van der Waals surface area (Å²) in [5.74, 6) is 0.992. The smallest absolute Gasteiger partial charge is 0.127 e. The Morgan fingerprint density at radius 3 is 2.79 bits per heavy atom. The highest BCUT2D eigenvalue weighted by atomic mass is 16.3. The normalized spacial score (nSPS) is 12.8. The van der Waals surface area contributed by atoms with Crippen molar-refractivity contribution < 1.29 is 4.42 Å². The second kappa shape index (κ2) is 5.01. The molecule has 0 amide bonds. The van der Waals surface area contributed by atoms with Crippen LogP contribution < -0.4 is 5.32 Å². The van der Waals surface area contributed by atoms with Crippen LogP contribution in [0.2, 0.25) is 0 Å². The van der Waals surface area contributed by atoms with Crippen molar-refractivity contribution in [1.29, 1.82) is 0 Å². The minimum absolute atomic E-state index is 0.157. The number of hydrogen-bond donors (Lipinski definition) is 1. The maximum absolute atomic E-state index is 5.46. The van der Waals surface area contributed by atoms with Gasteiger partial charge in [-0.25, -0.2) is 0 Å². The highest BCUT2D eigenvalue weighted by molar-refractivity contribution is 5.24. The maximum Gasteiger partial charge on any atom is 0.127 e. The number of furan rings is 1. The molecule has 0 radical (unpaired) electrons. The van der Waals surface area contributed by atoms with E-state index in [9.17, 15) is 0 Å². The van der Waals surface area contributed by atoms with Crippen LogP contribution in [-0.2, 0) is 0 Å². The van der Waals surface area contributed by atoms with Gasteiger partial charge < -0.3 is 9.73 Å². The van der Waals surface area contributed by atoms with Gasteiger partial charge in [-0.15, -0.1) is 0 Å². The Hall–Kier alpha value is -1.02. The summed E-state index contributed by atoms with van der Waals surface area (Å²) >= 11 is 0. The fraction of sp³-hybridized carbons (Fsp3) is 0.500. The Morgan fingerprint density at radius 1 is 1.64 bits per heavy atom. The molecule has 78 valence electrons. The number of nitrogens with one attached hydrogen (secondary N) is 1. The Morgan fingerprint density at radius 2 is 2.36 bits per heavy atom. The van der Waals surface area contributed by atoms with E-state index in [0.717, 1.165) is 24.3 Å². The van der Waals surface area contributed by atoms with Gasteiger partial charge in [0.25, 0.3) is 0 Å². The van der Waals surface area contributed by atoms with Gasteiger partial charge in [0.2, 0.25) is 0 Å². The molecule has 1 unspecified atom stereocenters. The first-order valence-electron chi connectivity index (χ1n) is 5.09. The summed E-state index contributed by atoms with van der Waals surface area (Å²) in [7, 11) is 0. The highest BCUT2D eigenvalue weighted by Crippen LogP contribution is 2.23. The summed E-state index contributed by atoms with van der Waals surface area (Å²) in [5, 5.41) is 3.42. The summed E-state index contributed by atoms with van der Waals surface area (Å²) in [6.45, 7) is 11.2. The van der Waals surface area contributed by atoms with Gasteiger partial charge in [0.05, 0.1) is 12.3 Å². The molecule has 2 nitrogen and oxygen atoms in total. The highest BCUT2D eigenvalue weighted by Gasteiger charge is 2.16. The van der Waals surface area contributed by atoms with Gasteiger partial charge in [0.1, 0.15) is 5.76 Å². The van der Waals surface area contributed by atoms with Crippen LogP contribution in [0.25, 0.3) is 0 Å². The van der Waals surface area contributed by atoms with Crippen molar-refractivity contribution in [3.05, 3.63) is 35.8 Å². The summed E-state index contributed by atoms with van der Waals surface area (Å²) in [4.78, 5) is 0. The van der Waals surface area contributed by atoms with Crippen molar-refractivity contribution in [2.24, 2.45) is 0 Å². The molecule has 1 heterocycles. The molecule has 1 rings (SSSR count). The third-order valence-electron chi connectivity index (χ3n) is 2.26. The van der Waals surface area contributed by atoms with E-state index >= 15 is 0 Å². The first-order valence-corrected chi connectivity index (χ1v) is 5.09. The third kappa shape index (κ3) is 2.48. The van der Waals surface area contributed by atoms with Crippen molar-refractivity contribution >= 4 is 0 Å². The van der Waals surface area contributed by atoms with Crippen molar-refractivity contribution in [2.45, 2.75) is 33.2 Å². The fourth-order valence-electron chi connectivity index (χ4n) is 1.46. The summed E-state index contributed by atoms with van der Waals surface area (Å²) in [5.41, 5.74) is 2.28.